The maximum atomic E-state index is 5.17. The van der Waals surface area contributed by atoms with Crippen LogP contribution in [0.25, 0.3) is 0 Å². The van der Waals surface area contributed by atoms with Gasteiger partial charge >= 0.3 is 0 Å². The summed E-state index contributed by atoms with van der Waals surface area (Å²) in [4.78, 5) is 4.72. The number of hydrogen-bond donors (Lipinski definition) is 0. The number of benzene rings is 1. The lowest BCUT2D eigenvalue weighted by molar-refractivity contribution is 0.414. The van der Waals surface area contributed by atoms with Crippen molar-refractivity contribution in [2.24, 2.45) is 0 Å². The second kappa shape index (κ2) is 4.84. The molecule has 0 N–H and O–H groups in total. The van der Waals surface area contributed by atoms with E-state index in [1.165, 1.54) is 29.9 Å². The van der Waals surface area contributed by atoms with E-state index in [-0.39, 0.29) is 0 Å². The Bertz CT molecular complexity index is 504. The topological polar surface area (TPSA) is 27.1 Å². The van der Waals surface area contributed by atoms with Crippen molar-refractivity contribution in [3.05, 3.63) is 47.5 Å². The van der Waals surface area contributed by atoms with Gasteiger partial charge in [0.05, 0.1) is 12.8 Å². The summed E-state index contributed by atoms with van der Waals surface area (Å²) in [7, 11) is 1.69. The zero-order valence-electron chi connectivity index (χ0n) is 10.7. The van der Waals surface area contributed by atoms with Crippen molar-refractivity contribution in [2.75, 3.05) is 7.11 Å². The Morgan fingerprint density at radius 2 is 2.06 bits per heavy atom. The van der Waals surface area contributed by atoms with E-state index >= 15 is 0 Å². The number of ether oxygens (including phenoxy) is 1. The molecule has 0 bridgehead atoms. The van der Waals surface area contributed by atoms with Gasteiger partial charge in [-0.2, -0.15) is 0 Å². The van der Waals surface area contributed by atoms with Crippen LogP contribution < -0.4 is 4.74 Å². The molecule has 0 amide bonds. The minimum atomic E-state index is 0.905. The fourth-order valence-corrected chi connectivity index (χ4v) is 2.51. The zero-order valence-corrected chi connectivity index (χ0v) is 10.7. The Morgan fingerprint density at radius 1 is 1.22 bits per heavy atom. The number of rotatable bonds is 3. The van der Waals surface area contributed by atoms with Crippen LogP contribution in [0.1, 0.15) is 29.9 Å². The number of hydrogen-bond acceptors (Lipinski definition) is 2. The SMILES string of the molecule is COc1ccc(Cc2cn3c(n2)CCCC3)cc1. The lowest BCUT2D eigenvalue weighted by Gasteiger charge is -2.11. The largest absolute Gasteiger partial charge is 0.497 e. The van der Waals surface area contributed by atoms with Crippen molar-refractivity contribution in [3.8, 4) is 5.75 Å². The average Bonchev–Trinajstić information content (AvgIpc) is 2.82. The van der Waals surface area contributed by atoms with Crippen LogP contribution in [-0.4, -0.2) is 16.7 Å². The van der Waals surface area contributed by atoms with Gasteiger partial charge < -0.3 is 9.30 Å². The molecule has 0 spiro atoms. The maximum absolute atomic E-state index is 5.17. The zero-order chi connectivity index (χ0) is 12.4. The number of fused-ring (bicyclic) bond motifs is 1. The molecule has 0 atom stereocenters. The van der Waals surface area contributed by atoms with Crippen LogP contribution in [0.15, 0.2) is 30.5 Å². The van der Waals surface area contributed by atoms with Crippen molar-refractivity contribution in [3.63, 3.8) is 0 Å². The van der Waals surface area contributed by atoms with Crippen LogP contribution >= 0.6 is 0 Å². The monoisotopic (exact) mass is 242 g/mol. The third-order valence-corrected chi connectivity index (χ3v) is 3.50. The smallest absolute Gasteiger partial charge is 0.118 e. The lowest BCUT2D eigenvalue weighted by atomic mass is 10.1. The molecule has 3 heteroatoms. The van der Waals surface area contributed by atoms with Gasteiger partial charge in [0.15, 0.2) is 0 Å². The van der Waals surface area contributed by atoms with E-state index in [1.54, 1.807) is 7.11 Å². The highest BCUT2D eigenvalue weighted by molar-refractivity contribution is 5.29. The molecule has 1 aromatic carbocycles. The summed E-state index contributed by atoms with van der Waals surface area (Å²) in [5.41, 5.74) is 2.46. The van der Waals surface area contributed by atoms with Gasteiger partial charge in [0.2, 0.25) is 0 Å². The van der Waals surface area contributed by atoms with Gasteiger partial charge in [-0.1, -0.05) is 12.1 Å². The van der Waals surface area contributed by atoms with E-state index in [4.69, 9.17) is 9.72 Å². The molecule has 1 aliphatic heterocycles. The predicted octanol–water partition coefficient (Wildman–Crippen LogP) is 2.82. The van der Waals surface area contributed by atoms with E-state index in [0.717, 1.165) is 25.1 Å². The standard InChI is InChI=1S/C15H18N2O/c1-18-14-7-5-12(6-8-14)10-13-11-17-9-3-2-4-15(17)16-13/h5-8,11H,2-4,9-10H2,1H3. The molecular weight excluding hydrogens is 224 g/mol. The molecule has 1 aromatic heterocycles. The molecule has 0 aliphatic carbocycles. The number of aromatic nitrogens is 2. The molecule has 0 fully saturated rings. The predicted molar refractivity (Wildman–Crippen MR) is 71.0 cm³/mol. The fraction of sp³-hybridized carbons (Fsp3) is 0.400. The fourth-order valence-electron chi connectivity index (χ4n) is 2.51. The first-order valence-corrected chi connectivity index (χ1v) is 6.53. The Morgan fingerprint density at radius 3 is 2.78 bits per heavy atom. The van der Waals surface area contributed by atoms with Crippen molar-refractivity contribution < 1.29 is 4.74 Å². The summed E-state index contributed by atoms with van der Waals surface area (Å²) in [6.07, 6.45) is 6.80. The molecule has 1 aliphatic rings. The Balaban J connectivity index is 1.76. The Labute approximate surface area is 107 Å². The molecule has 2 heterocycles. The summed E-state index contributed by atoms with van der Waals surface area (Å²) >= 11 is 0. The number of methoxy groups -OCH3 is 1. The van der Waals surface area contributed by atoms with Crippen molar-refractivity contribution in [1.82, 2.24) is 9.55 Å². The van der Waals surface area contributed by atoms with Crippen LogP contribution in [0.2, 0.25) is 0 Å². The van der Waals surface area contributed by atoms with Crippen molar-refractivity contribution in [2.45, 2.75) is 32.2 Å². The number of nitrogens with zero attached hydrogens (tertiary/aromatic N) is 2. The van der Waals surface area contributed by atoms with Gasteiger partial charge in [0.1, 0.15) is 11.6 Å². The lowest BCUT2D eigenvalue weighted by Crippen LogP contribution is -2.08. The molecule has 0 radical (unpaired) electrons. The van der Waals surface area contributed by atoms with E-state index < -0.39 is 0 Å². The Hall–Kier alpha value is -1.77. The molecule has 0 unspecified atom stereocenters. The molecule has 3 rings (SSSR count). The third-order valence-electron chi connectivity index (χ3n) is 3.50. The van der Waals surface area contributed by atoms with Gasteiger partial charge in [-0.05, 0) is 30.5 Å². The molecule has 0 saturated heterocycles. The molecular formula is C15H18N2O. The first-order valence-electron chi connectivity index (χ1n) is 6.53. The van der Waals surface area contributed by atoms with Crippen LogP contribution in [0, 0.1) is 0 Å². The molecule has 18 heavy (non-hydrogen) atoms. The van der Waals surface area contributed by atoms with Crippen LogP contribution in [0.3, 0.4) is 0 Å². The first kappa shape index (κ1) is 11.3. The summed E-state index contributed by atoms with van der Waals surface area (Å²) in [5, 5.41) is 0. The number of aryl methyl sites for hydroxylation is 2. The molecule has 94 valence electrons. The second-order valence-electron chi connectivity index (χ2n) is 4.82. The highest BCUT2D eigenvalue weighted by atomic mass is 16.5. The minimum Gasteiger partial charge on any atom is -0.497 e. The molecule has 3 nitrogen and oxygen atoms in total. The van der Waals surface area contributed by atoms with E-state index in [1.807, 2.05) is 12.1 Å². The maximum Gasteiger partial charge on any atom is 0.118 e. The van der Waals surface area contributed by atoms with Crippen molar-refractivity contribution in [1.29, 1.82) is 0 Å². The van der Waals surface area contributed by atoms with Crippen LogP contribution in [0.4, 0.5) is 0 Å². The van der Waals surface area contributed by atoms with Gasteiger partial charge in [0, 0.05) is 25.6 Å². The second-order valence-corrected chi connectivity index (χ2v) is 4.82. The summed E-state index contributed by atoms with van der Waals surface area (Å²) in [6, 6.07) is 8.23. The minimum absolute atomic E-state index is 0.905. The first-order chi connectivity index (χ1) is 8.85. The van der Waals surface area contributed by atoms with Gasteiger partial charge in [0.25, 0.3) is 0 Å². The van der Waals surface area contributed by atoms with E-state index in [9.17, 15) is 0 Å². The molecule has 2 aromatic rings. The van der Waals surface area contributed by atoms with Gasteiger partial charge in [-0.3, -0.25) is 0 Å². The van der Waals surface area contributed by atoms with Crippen LogP contribution in [-0.2, 0) is 19.4 Å². The third kappa shape index (κ3) is 2.26. The summed E-state index contributed by atoms with van der Waals surface area (Å²) < 4.78 is 7.47. The number of imidazole rings is 1. The Kier molecular flexibility index (Phi) is 3.05. The summed E-state index contributed by atoms with van der Waals surface area (Å²) in [6.45, 7) is 1.13. The van der Waals surface area contributed by atoms with Gasteiger partial charge in [-0.25, -0.2) is 4.98 Å². The van der Waals surface area contributed by atoms with E-state index in [2.05, 4.69) is 22.9 Å². The summed E-state index contributed by atoms with van der Waals surface area (Å²) in [5.74, 6) is 2.16. The van der Waals surface area contributed by atoms with Gasteiger partial charge in [-0.15, -0.1) is 0 Å². The normalized spacial score (nSPS) is 14.3. The van der Waals surface area contributed by atoms with Crippen molar-refractivity contribution >= 4 is 0 Å². The quantitative estimate of drug-likeness (QED) is 0.827. The highest BCUT2D eigenvalue weighted by Gasteiger charge is 2.12. The molecule has 0 saturated carbocycles. The highest BCUT2D eigenvalue weighted by Crippen LogP contribution is 2.18. The average molecular weight is 242 g/mol. The van der Waals surface area contributed by atoms with E-state index in [0.29, 0.717) is 0 Å². The van der Waals surface area contributed by atoms with Crippen LogP contribution in [0.5, 0.6) is 5.75 Å².